The van der Waals surface area contributed by atoms with Crippen LogP contribution in [0.3, 0.4) is 0 Å². The lowest BCUT2D eigenvalue weighted by Gasteiger charge is -2.35. The lowest BCUT2D eigenvalue weighted by atomic mass is 9.96. The van der Waals surface area contributed by atoms with Gasteiger partial charge in [0.15, 0.2) is 0 Å². The van der Waals surface area contributed by atoms with E-state index in [2.05, 4.69) is 26.6 Å². The number of carbonyl (C=O) groups excluding carboxylic acids is 9. The summed E-state index contributed by atoms with van der Waals surface area (Å²) in [6.07, 6.45) is 3.58. The van der Waals surface area contributed by atoms with Gasteiger partial charge in [0.2, 0.25) is 53.2 Å². The first-order valence-corrected chi connectivity index (χ1v) is 26.2. The molecule has 5 aliphatic heterocycles. The van der Waals surface area contributed by atoms with Crippen molar-refractivity contribution in [3.8, 4) is 5.75 Å². The maximum atomic E-state index is 14.7. The molecule has 0 bridgehead atoms. The third-order valence-electron chi connectivity index (χ3n) is 15.2. The van der Waals surface area contributed by atoms with Gasteiger partial charge in [0.25, 0.3) is 0 Å². The van der Waals surface area contributed by atoms with Crippen molar-refractivity contribution >= 4 is 53.2 Å². The van der Waals surface area contributed by atoms with Crippen LogP contribution < -0.4 is 26.6 Å². The highest BCUT2D eigenvalue weighted by molar-refractivity contribution is 6.00. The lowest BCUT2D eigenvalue weighted by molar-refractivity contribution is -0.149. The zero-order chi connectivity index (χ0) is 52.5. The van der Waals surface area contributed by atoms with E-state index in [9.17, 15) is 53.4 Å². The van der Waals surface area contributed by atoms with Crippen molar-refractivity contribution in [2.45, 2.75) is 159 Å². The molecule has 73 heavy (non-hydrogen) atoms. The van der Waals surface area contributed by atoms with E-state index in [-0.39, 0.29) is 75.9 Å². The molecule has 5 fully saturated rings. The van der Waals surface area contributed by atoms with E-state index in [1.54, 1.807) is 42.5 Å². The van der Waals surface area contributed by atoms with Crippen LogP contribution in [0, 0.1) is 11.8 Å². The molecule has 20 nitrogen and oxygen atoms in total. The van der Waals surface area contributed by atoms with Crippen molar-refractivity contribution in [2.24, 2.45) is 11.8 Å². The molecule has 0 aliphatic carbocycles. The summed E-state index contributed by atoms with van der Waals surface area (Å²) in [7, 11) is 0. The molecule has 5 saturated heterocycles. The Hall–Kier alpha value is -6.57. The number of rotatable bonds is 9. The molecule has 7 N–H and O–H groups in total. The number of aliphatic hydroxyl groups is 1. The number of carbonyl (C=O) groups is 9. The molecule has 5 heterocycles. The average Bonchev–Trinajstić information content (AvgIpc) is 4.24. The predicted octanol–water partition coefficient (Wildman–Crippen LogP) is 0.664. The van der Waals surface area contributed by atoms with E-state index in [4.69, 9.17) is 0 Å². The Morgan fingerprint density at radius 2 is 0.904 bits per heavy atom. The molecule has 5 aliphatic rings. The van der Waals surface area contributed by atoms with Crippen LogP contribution in [-0.4, -0.2) is 170 Å². The standard InChI is InChI=1S/C53H73N9O11/c1-5-32(4)44-53(73)62-26-12-18-43(62)52(72)61-25-11-16-41(61)47(67)55-37(28-33-13-7-6-8-14-33)45(65)54-36(29-34-19-21-35(64)22-20-34)46(66)57-39(30-63)51(71)60-24-9-15-40(60)48(68)56-38(27-31(2)3)50(70)59-23-10-17-42(59)49(69)58-44/h6-8,13-14,19-22,31-32,36-44,63-64H,5,9-12,15-18,23-30H2,1-4H3,(H,54,65)(H,55,67)(H,56,68)(H,57,66)(H,58,69)/t32?,36-,37-,38-,39-,40-,41-,42-,43-,44-/m0/s1. The Bertz CT molecular complexity index is 2350. The first-order chi connectivity index (χ1) is 35.0. The summed E-state index contributed by atoms with van der Waals surface area (Å²) in [5.74, 6) is -5.98. The topological polar surface area (TPSA) is 267 Å². The fourth-order valence-electron chi connectivity index (χ4n) is 11.0. The highest BCUT2D eigenvalue weighted by Gasteiger charge is 2.47. The van der Waals surface area contributed by atoms with Gasteiger partial charge < -0.3 is 56.4 Å². The molecule has 7 rings (SSSR count). The van der Waals surface area contributed by atoms with Gasteiger partial charge in [0, 0.05) is 39.0 Å². The van der Waals surface area contributed by atoms with E-state index in [1.165, 1.54) is 31.7 Å². The maximum Gasteiger partial charge on any atom is 0.248 e. The molecule has 0 saturated carbocycles. The van der Waals surface area contributed by atoms with Crippen molar-refractivity contribution in [2.75, 3.05) is 32.8 Å². The molecule has 1 unspecified atom stereocenters. The normalized spacial score (nSPS) is 28.9. The summed E-state index contributed by atoms with van der Waals surface area (Å²) in [5.41, 5.74) is 1.19. The molecule has 20 heteroatoms. The number of nitrogens with zero attached hydrogens (tertiary/aromatic N) is 4. The predicted molar refractivity (Wildman–Crippen MR) is 267 cm³/mol. The number of fused-ring (bicyclic) bond motifs is 4. The molecule has 396 valence electrons. The molecule has 2 aromatic rings. The highest BCUT2D eigenvalue weighted by Crippen LogP contribution is 2.29. The molecule has 10 atom stereocenters. The minimum absolute atomic E-state index is 0.0152. The molecule has 2 aromatic carbocycles. The van der Waals surface area contributed by atoms with Gasteiger partial charge in [-0.1, -0.05) is 76.6 Å². The molecule has 0 aromatic heterocycles. The van der Waals surface area contributed by atoms with Gasteiger partial charge in [0.05, 0.1) is 6.61 Å². The smallest absolute Gasteiger partial charge is 0.248 e. The number of aliphatic hydroxyl groups excluding tert-OH is 1. The largest absolute Gasteiger partial charge is 0.508 e. The SMILES string of the molecule is CCC(C)[C@@H]1NC(=O)[C@@H]2CCCN2C(=O)[C@H](CC(C)C)NC(=O)[C@@H]2CCCN2C(=O)[C@H](CO)NC(=O)[C@H](Cc2ccc(O)cc2)NC(=O)[C@H](Cc2ccccc2)NC(=O)[C@@H]2CCCN2C(=O)[C@@H]2CCCN2C1=O. The number of phenols is 1. The van der Waals surface area contributed by atoms with Crippen LogP contribution in [0.25, 0.3) is 0 Å². The van der Waals surface area contributed by atoms with Crippen molar-refractivity contribution in [3.05, 3.63) is 65.7 Å². The fourth-order valence-corrected chi connectivity index (χ4v) is 11.0. The number of hydrogen-bond acceptors (Lipinski definition) is 11. The minimum Gasteiger partial charge on any atom is -0.508 e. The fraction of sp³-hybridized carbons (Fsp3) is 0.604. The van der Waals surface area contributed by atoms with Crippen molar-refractivity contribution in [1.29, 1.82) is 0 Å². The van der Waals surface area contributed by atoms with E-state index in [1.807, 2.05) is 27.7 Å². The summed E-state index contributed by atoms with van der Waals surface area (Å²) in [5, 5.41) is 34.8. The number of aromatic hydroxyl groups is 1. The van der Waals surface area contributed by atoms with Crippen LogP contribution in [0.2, 0.25) is 0 Å². The van der Waals surface area contributed by atoms with Gasteiger partial charge in [-0.05, 0) is 92.9 Å². The van der Waals surface area contributed by atoms with E-state index >= 15 is 0 Å². The number of hydrogen-bond donors (Lipinski definition) is 7. The van der Waals surface area contributed by atoms with Gasteiger partial charge in [-0.15, -0.1) is 0 Å². The van der Waals surface area contributed by atoms with Crippen molar-refractivity contribution in [3.63, 3.8) is 0 Å². The first-order valence-electron chi connectivity index (χ1n) is 26.2. The summed E-state index contributed by atoms with van der Waals surface area (Å²) in [6.45, 7) is 7.44. The first kappa shape index (κ1) is 54.2. The second kappa shape index (κ2) is 24.4. The quantitative estimate of drug-likeness (QED) is 0.184. The van der Waals surface area contributed by atoms with Crippen molar-refractivity contribution < 1.29 is 53.4 Å². The Morgan fingerprint density at radius 3 is 1.40 bits per heavy atom. The van der Waals surface area contributed by atoms with Crippen LogP contribution in [0.1, 0.15) is 103 Å². The Kier molecular flexibility index (Phi) is 18.1. The van der Waals surface area contributed by atoms with E-state index in [0.717, 1.165) is 0 Å². The third-order valence-corrected chi connectivity index (χ3v) is 15.2. The average molecular weight is 1010 g/mol. The van der Waals surface area contributed by atoms with Crippen LogP contribution in [0.5, 0.6) is 5.75 Å². The van der Waals surface area contributed by atoms with Gasteiger partial charge in [-0.2, -0.15) is 0 Å². The summed E-state index contributed by atoms with van der Waals surface area (Å²) in [6, 6.07) is 4.52. The Morgan fingerprint density at radius 1 is 0.493 bits per heavy atom. The Balaban J connectivity index is 1.25. The molecular weight excluding hydrogens is 939 g/mol. The summed E-state index contributed by atoms with van der Waals surface area (Å²) < 4.78 is 0. The zero-order valence-corrected chi connectivity index (χ0v) is 42.4. The number of nitrogens with one attached hydrogen (secondary N) is 5. The summed E-state index contributed by atoms with van der Waals surface area (Å²) in [4.78, 5) is 136. The molecule has 0 radical (unpaired) electrons. The van der Waals surface area contributed by atoms with Gasteiger partial charge in [-0.25, -0.2) is 0 Å². The minimum atomic E-state index is -1.56. The zero-order valence-electron chi connectivity index (χ0n) is 42.4. The van der Waals surface area contributed by atoms with Crippen molar-refractivity contribution in [1.82, 2.24) is 46.2 Å². The van der Waals surface area contributed by atoms with Crippen LogP contribution in [-0.2, 0) is 56.0 Å². The van der Waals surface area contributed by atoms with E-state index in [0.29, 0.717) is 56.1 Å². The molecule has 0 spiro atoms. The second-order valence-electron chi connectivity index (χ2n) is 20.7. The number of benzene rings is 2. The van der Waals surface area contributed by atoms with E-state index < -0.39 is 114 Å². The lowest BCUT2D eigenvalue weighted by Crippen LogP contribution is -2.61. The van der Waals surface area contributed by atoms with Crippen LogP contribution >= 0.6 is 0 Å². The Labute approximate surface area is 426 Å². The second-order valence-corrected chi connectivity index (χ2v) is 20.7. The van der Waals surface area contributed by atoms with Gasteiger partial charge >= 0.3 is 0 Å². The maximum absolute atomic E-state index is 14.7. The molecule has 9 amide bonds. The molecular formula is C53H73N9O11. The number of phenolic OH excluding ortho intramolecular Hbond substituents is 1. The third kappa shape index (κ3) is 12.8. The number of amides is 9. The highest BCUT2D eigenvalue weighted by atomic mass is 16.3. The van der Waals surface area contributed by atoms with Crippen LogP contribution in [0.15, 0.2) is 54.6 Å². The van der Waals surface area contributed by atoms with Gasteiger partial charge in [-0.3, -0.25) is 43.2 Å². The van der Waals surface area contributed by atoms with Gasteiger partial charge in [0.1, 0.15) is 60.1 Å². The van der Waals surface area contributed by atoms with Crippen LogP contribution in [0.4, 0.5) is 0 Å². The monoisotopic (exact) mass is 1010 g/mol. The summed E-state index contributed by atoms with van der Waals surface area (Å²) >= 11 is 0.